The molecular weight excluding hydrogens is 454 g/mol. The van der Waals surface area contributed by atoms with Gasteiger partial charge < -0.3 is 9.79 Å². The van der Waals surface area contributed by atoms with E-state index in [0.29, 0.717) is 10.6 Å². The molecule has 2 aromatic carbocycles. The molecule has 0 saturated carbocycles. The Morgan fingerprint density at radius 3 is 1.07 bits per heavy atom. The van der Waals surface area contributed by atoms with Gasteiger partial charge in [0.1, 0.15) is 10.6 Å². The van der Waals surface area contributed by atoms with E-state index < -0.39 is 44.5 Å². The van der Waals surface area contributed by atoms with E-state index in [1.54, 1.807) is 48.5 Å². The van der Waals surface area contributed by atoms with Crippen molar-refractivity contribution in [3.8, 4) is 0 Å². The number of hydrogen-bond donors (Lipinski definition) is 0. The zero-order chi connectivity index (χ0) is 22.2. The summed E-state index contributed by atoms with van der Waals surface area (Å²) in [5.74, 6) is 0. The fraction of sp³-hybridized carbons (Fsp3) is 0.400. The van der Waals surface area contributed by atoms with E-state index in [2.05, 4.69) is 0 Å². The summed E-state index contributed by atoms with van der Waals surface area (Å²) < 4.78 is 24.6. The lowest BCUT2D eigenvalue weighted by atomic mass is 10.3. The molecule has 1 aliphatic rings. The second-order valence-electron chi connectivity index (χ2n) is 9.11. The third-order valence-corrected chi connectivity index (χ3v) is 15.0. The Kier molecular flexibility index (Phi) is 7.08. The van der Waals surface area contributed by atoms with Crippen molar-refractivity contribution in [1.29, 1.82) is 0 Å². The van der Waals surface area contributed by atoms with E-state index >= 15 is 0 Å². The molecule has 30 heavy (non-hydrogen) atoms. The monoisotopic (exact) mass is 482 g/mol. The lowest BCUT2D eigenvalue weighted by Gasteiger charge is -2.43. The molecular formula is C20H28O6P2Si2. The summed E-state index contributed by atoms with van der Waals surface area (Å²) >= 11 is 0. The van der Waals surface area contributed by atoms with Crippen LogP contribution in [0, 0.1) is 0 Å². The molecule has 2 aromatic rings. The summed E-state index contributed by atoms with van der Waals surface area (Å²) in [5.41, 5.74) is 0. The maximum Gasteiger partial charge on any atom is 0.499 e. The molecule has 10 heteroatoms. The molecule has 0 aliphatic carbocycles. The van der Waals surface area contributed by atoms with Crippen molar-refractivity contribution >= 4 is 45.1 Å². The number of rotatable bonds is 2. The van der Waals surface area contributed by atoms with Gasteiger partial charge in [0, 0.05) is 10.1 Å². The van der Waals surface area contributed by atoms with Gasteiger partial charge in [-0.25, -0.2) is 16.9 Å². The van der Waals surface area contributed by atoms with Gasteiger partial charge in [-0.05, 0) is 24.3 Å². The van der Waals surface area contributed by atoms with Crippen molar-refractivity contribution in [3.05, 3.63) is 60.7 Å². The average molecular weight is 483 g/mol. The van der Waals surface area contributed by atoms with Crippen LogP contribution in [0.15, 0.2) is 60.7 Å². The molecule has 0 spiro atoms. The summed E-state index contributed by atoms with van der Waals surface area (Å²) in [4.78, 5) is 28.1. The quantitative estimate of drug-likeness (QED) is 0.481. The number of benzene rings is 2. The van der Waals surface area contributed by atoms with Gasteiger partial charge in [-0.2, -0.15) is 0 Å². The van der Waals surface area contributed by atoms with E-state index in [4.69, 9.17) is 16.9 Å². The Hall–Kier alpha value is -0.506. The molecule has 162 valence electrons. The van der Waals surface area contributed by atoms with Crippen molar-refractivity contribution in [2.75, 3.05) is 0 Å². The molecule has 1 fully saturated rings. The third-order valence-electron chi connectivity index (χ3n) is 4.18. The fourth-order valence-corrected chi connectivity index (χ4v) is 15.0. The van der Waals surface area contributed by atoms with Crippen LogP contribution >= 0.6 is 15.9 Å². The van der Waals surface area contributed by atoms with Crippen LogP contribution in [0.3, 0.4) is 0 Å². The summed E-state index contributed by atoms with van der Waals surface area (Å²) in [7, 11) is -12.3. The zero-order valence-corrected chi connectivity index (χ0v) is 21.9. The highest BCUT2D eigenvalue weighted by Gasteiger charge is 2.60. The van der Waals surface area contributed by atoms with Crippen LogP contribution in [0.1, 0.15) is 41.5 Å². The fourth-order valence-electron chi connectivity index (χ4n) is 2.49. The molecule has 0 N–H and O–H groups in total. The minimum atomic E-state index is -3.77. The first kappa shape index (κ1) is 24.1. The molecule has 0 aromatic heterocycles. The van der Waals surface area contributed by atoms with Gasteiger partial charge in [-0.1, -0.05) is 77.9 Å². The maximum absolute atomic E-state index is 14.0. The summed E-state index contributed by atoms with van der Waals surface area (Å²) in [6.07, 6.45) is 0. The van der Waals surface area contributed by atoms with Gasteiger partial charge in [0.2, 0.25) is 15.9 Å². The van der Waals surface area contributed by atoms with Gasteiger partial charge >= 0.3 is 18.6 Å². The Balaban J connectivity index is 2.11. The maximum atomic E-state index is 14.0. The zero-order valence-electron chi connectivity index (χ0n) is 18.1. The van der Waals surface area contributed by atoms with Crippen molar-refractivity contribution < 1.29 is 26.6 Å². The molecule has 6 nitrogen and oxygen atoms in total. The van der Waals surface area contributed by atoms with Gasteiger partial charge in [0.25, 0.3) is 0 Å². The van der Waals surface area contributed by atoms with Crippen LogP contribution in [0.4, 0.5) is 0 Å². The van der Waals surface area contributed by atoms with E-state index in [1.807, 2.05) is 53.7 Å². The SMILES string of the molecule is CC(C)(C)[Si]1O[P+]([O-])(c2ccccc2)O[Si](C(C)(C)C)O[P+]([O-])(c2ccccc2)O1. The summed E-state index contributed by atoms with van der Waals surface area (Å²) in [6.45, 7) is 11.4. The molecule has 1 saturated heterocycles. The van der Waals surface area contributed by atoms with E-state index in [1.165, 1.54) is 0 Å². The van der Waals surface area contributed by atoms with Crippen LogP contribution in [0.5, 0.6) is 0 Å². The van der Waals surface area contributed by atoms with Gasteiger partial charge in [-0.3, -0.25) is 0 Å². The third kappa shape index (κ3) is 5.45. The van der Waals surface area contributed by atoms with E-state index in [9.17, 15) is 9.79 Å². The highest BCUT2D eigenvalue weighted by molar-refractivity contribution is 7.72. The van der Waals surface area contributed by atoms with Gasteiger partial charge in [0.05, 0.1) is 0 Å². The molecule has 1 aliphatic heterocycles. The predicted octanol–water partition coefficient (Wildman–Crippen LogP) is 3.54. The molecule has 1 heterocycles. The second-order valence-corrected chi connectivity index (χ2v) is 19.2. The lowest BCUT2D eigenvalue weighted by molar-refractivity contribution is -0.210. The summed E-state index contributed by atoms with van der Waals surface area (Å²) in [6, 6.07) is 17.6. The molecule has 2 radical (unpaired) electrons. The van der Waals surface area contributed by atoms with Crippen LogP contribution in [-0.2, 0) is 16.9 Å². The van der Waals surface area contributed by atoms with Crippen molar-refractivity contribution in [2.45, 2.75) is 51.6 Å². The van der Waals surface area contributed by atoms with Crippen molar-refractivity contribution in [3.63, 3.8) is 0 Å². The highest BCUT2D eigenvalue weighted by atomic mass is 31.2. The number of hydrogen-bond acceptors (Lipinski definition) is 6. The Bertz CT molecular complexity index is 758. The Morgan fingerprint density at radius 2 is 0.833 bits per heavy atom. The molecule has 0 unspecified atom stereocenters. The lowest BCUT2D eigenvalue weighted by Crippen LogP contribution is -2.49. The largest absolute Gasteiger partial charge is 0.629 e. The predicted molar refractivity (Wildman–Crippen MR) is 121 cm³/mol. The van der Waals surface area contributed by atoms with E-state index in [0.717, 1.165) is 0 Å². The topological polar surface area (TPSA) is 83.0 Å². The first-order valence-corrected chi connectivity index (χ1v) is 15.4. The van der Waals surface area contributed by atoms with Gasteiger partial charge in [0.15, 0.2) is 0 Å². The highest BCUT2D eigenvalue weighted by Crippen LogP contribution is 2.65. The first-order chi connectivity index (χ1) is 13.8. The van der Waals surface area contributed by atoms with Crippen LogP contribution in [-0.4, -0.2) is 18.6 Å². The first-order valence-electron chi connectivity index (χ1n) is 9.68. The standard InChI is InChI=1S/C20H28O6P2Si2/c1-19(2,3)29-23-27(21,17-13-9-7-10-14-17)25-30(20(4,5)6)26-28(22,24-29)18-15-11-8-12-16-18/h7-16H,1-6H3. The second kappa shape index (κ2) is 8.79. The van der Waals surface area contributed by atoms with Crippen LogP contribution in [0.2, 0.25) is 10.1 Å². The minimum Gasteiger partial charge on any atom is -0.629 e. The van der Waals surface area contributed by atoms with Gasteiger partial charge in [-0.15, -0.1) is 0 Å². The molecule has 0 bridgehead atoms. The van der Waals surface area contributed by atoms with Crippen molar-refractivity contribution in [2.24, 2.45) is 0 Å². The summed E-state index contributed by atoms with van der Waals surface area (Å²) in [5, 5.41) is -0.212. The van der Waals surface area contributed by atoms with Crippen molar-refractivity contribution in [1.82, 2.24) is 0 Å². The molecule has 3 rings (SSSR count). The molecule has 0 amide bonds. The average Bonchev–Trinajstić information content (AvgIpc) is 2.66. The van der Waals surface area contributed by atoms with E-state index in [-0.39, 0.29) is 0 Å². The molecule has 0 atom stereocenters. The minimum absolute atomic E-state index is 0.437. The van der Waals surface area contributed by atoms with Crippen LogP contribution in [0.25, 0.3) is 0 Å². The Labute approximate surface area is 184 Å². The normalized spacial score (nSPS) is 27.5. The Morgan fingerprint density at radius 1 is 0.567 bits per heavy atom. The smallest absolute Gasteiger partial charge is 0.499 e. The van der Waals surface area contributed by atoms with Crippen LogP contribution < -0.4 is 20.4 Å².